The molecule has 0 bridgehead atoms. The number of rotatable bonds is 10. The van der Waals surface area contributed by atoms with Crippen LogP contribution in [0.5, 0.6) is 0 Å². The van der Waals surface area contributed by atoms with E-state index in [1.807, 2.05) is 7.05 Å². The molecule has 30 heavy (non-hydrogen) atoms. The van der Waals surface area contributed by atoms with E-state index >= 15 is 0 Å². The van der Waals surface area contributed by atoms with Gasteiger partial charge in [0.15, 0.2) is 5.96 Å². The molecule has 6 nitrogen and oxygen atoms in total. The molecular weight excluding hydrogens is 491 g/mol. The van der Waals surface area contributed by atoms with E-state index in [1.165, 1.54) is 58.0 Å². The molecule has 0 aromatic carbocycles. The second-order valence-corrected chi connectivity index (χ2v) is 9.16. The van der Waals surface area contributed by atoms with Crippen LogP contribution in [0.4, 0.5) is 0 Å². The molecule has 2 heterocycles. The van der Waals surface area contributed by atoms with Crippen molar-refractivity contribution in [3.63, 3.8) is 0 Å². The summed E-state index contributed by atoms with van der Waals surface area (Å²) in [5, 5.41) is 7.01. The van der Waals surface area contributed by atoms with Crippen molar-refractivity contribution >= 4 is 29.9 Å². The Morgan fingerprint density at radius 3 is 2.57 bits per heavy atom. The van der Waals surface area contributed by atoms with E-state index in [9.17, 15) is 0 Å². The van der Waals surface area contributed by atoms with Crippen molar-refractivity contribution in [2.75, 3.05) is 59.7 Å². The Balaban J connectivity index is 0.00000320. The maximum atomic E-state index is 5.85. The monoisotopic (exact) mass is 536 g/mol. The first-order valence-electron chi connectivity index (χ1n) is 12.2. The number of hydrogen-bond donors (Lipinski definition) is 2. The minimum Gasteiger partial charge on any atom is -0.381 e. The lowest BCUT2D eigenvalue weighted by atomic mass is 9.89. The minimum absolute atomic E-state index is 0. The first-order chi connectivity index (χ1) is 14.3. The SMILES string of the molecule is CN=C(NCCCOCC1CCOCC1)NCC1CCCN1CC1CCCCC1.I. The smallest absolute Gasteiger partial charge is 0.191 e. The van der Waals surface area contributed by atoms with Gasteiger partial charge in [0.2, 0.25) is 0 Å². The fraction of sp³-hybridized carbons (Fsp3) is 0.957. The van der Waals surface area contributed by atoms with Crippen LogP contribution in [-0.4, -0.2) is 76.6 Å². The van der Waals surface area contributed by atoms with Crippen molar-refractivity contribution in [1.29, 1.82) is 0 Å². The van der Waals surface area contributed by atoms with E-state index in [0.717, 1.165) is 70.7 Å². The molecule has 0 spiro atoms. The summed E-state index contributed by atoms with van der Waals surface area (Å²) in [6.45, 7) is 8.00. The van der Waals surface area contributed by atoms with Gasteiger partial charge in [0.1, 0.15) is 0 Å². The van der Waals surface area contributed by atoms with Crippen LogP contribution in [0, 0.1) is 11.8 Å². The van der Waals surface area contributed by atoms with E-state index in [2.05, 4.69) is 20.5 Å². The fourth-order valence-electron chi connectivity index (χ4n) is 5.05. The molecule has 1 aliphatic carbocycles. The molecule has 7 heteroatoms. The van der Waals surface area contributed by atoms with Crippen LogP contribution < -0.4 is 10.6 Å². The quantitative estimate of drug-likeness (QED) is 0.193. The first-order valence-corrected chi connectivity index (χ1v) is 12.2. The molecule has 2 N–H and O–H groups in total. The molecule has 2 aliphatic heterocycles. The highest BCUT2D eigenvalue weighted by atomic mass is 127. The Kier molecular flexibility index (Phi) is 13.6. The lowest BCUT2D eigenvalue weighted by Crippen LogP contribution is -2.46. The van der Waals surface area contributed by atoms with E-state index in [0.29, 0.717) is 12.0 Å². The number of halogens is 1. The van der Waals surface area contributed by atoms with Gasteiger partial charge < -0.3 is 20.1 Å². The number of nitrogens with one attached hydrogen (secondary N) is 2. The summed E-state index contributed by atoms with van der Waals surface area (Å²) < 4.78 is 11.3. The number of nitrogens with zero attached hydrogens (tertiary/aromatic N) is 2. The second kappa shape index (κ2) is 15.6. The molecule has 1 saturated carbocycles. The van der Waals surface area contributed by atoms with Gasteiger partial charge in [-0.3, -0.25) is 9.89 Å². The number of aliphatic imine (C=N–C) groups is 1. The van der Waals surface area contributed by atoms with Gasteiger partial charge in [-0.25, -0.2) is 0 Å². The molecule has 0 radical (unpaired) electrons. The Morgan fingerprint density at radius 1 is 1.00 bits per heavy atom. The minimum atomic E-state index is 0. The standard InChI is InChI=1S/C23H44N4O2.HI/c1-24-23(25-12-6-14-29-19-21-10-15-28-16-11-21)26-17-22-9-5-13-27(22)18-20-7-3-2-4-8-20;/h20-22H,2-19H2,1H3,(H2,24,25,26);1H. The van der Waals surface area contributed by atoms with Crippen molar-refractivity contribution in [3.05, 3.63) is 0 Å². The molecule has 3 fully saturated rings. The third-order valence-corrected chi connectivity index (χ3v) is 6.90. The molecule has 0 aromatic rings. The largest absolute Gasteiger partial charge is 0.381 e. The van der Waals surface area contributed by atoms with E-state index in [4.69, 9.17) is 9.47 Å². The van der Waals surface area contributed by atoms with Gasteiger partial charge in [0, 0.05) is 59.2 Å². The number of likely N-dealkylation sites (tertiary alicyclic amines) is 1. The molecule has 176 valence electrons. The Morgan fingerprint density at radius 2 is 1.80 bits per heavy atom. The molecule has 1 atom stereocenters. The van der Waals surface area contributed by atoms with Gasteiger partial charge >= 0.3 is 0 Å². The fourth-order valence-corrected chi connectivity index (χ4v) is 5.05. The predicted molar refractivity (Wildman–Crippen MR) is 135 cm³/mol. The third kappa shape index (κ3) is 9.57. The Hall–Kier alpha value is -0.120. The van der Waals surface area contributed by atoms with Crippen LogP contribution in [-0.2, 0) is 9.47 Å². The molecular formula is C23H45IN4O2. The summed E-state index contributed by atoms with van der Waals surface area (Å²) in [6.07, 6.45) is 13.2. The molecule has 2 saturated heterocycles. The van der Waals surface area contributed by atoms with Crippen LogP contribution in [0.25, 0.3) is 0 Å². The molecule has 0 aromatic heterocycles. The van der Waals surface area contributed by atoms with Crippen molar-refractivity contribution in [3.8, 4) is 0 Å². The van der Waals surface area contributed by atoms with Crippen molar-refractivity contribution in [1.82, 2.24) is 15.5 Å². The van der Waals surface area contributed by atoms with Crippen LogP contribution in [0.2, 0.25) is 0 Å². The van der Waals surface area contributed by atoms with Gasteiger partial charge in [-0.2, -0.15) is 0 Å². The average molecular weight is 537 g/mol. The topological polar surface area (TPSA) is 58.1 Å². The first kappa shape index (κ1) is 26.1. The average Bonchev–Trinajstić information content (AvgIpc) is 3.21. The van der Waals surface area contributed by atoms with E-state index < -0.39 is 0 Å². The van der Waals surface area contributed by atoms with Gasteiger partial charge in [-0.15, -0.1) is 24.0 Å². The zero-order valence-corrected chi connectivity index (χ0v) is 21.4. The van der Waals surface area contributed by atoms with E-state index in [1.54, 1.807) is 0 Å². The summed E-state index contributed by atoms with van der Waals surface area (Å²) in [7, 11) is 1.87. The van der Waals surface area contributed by atoms with E-state index in [-0.39, 0.29) is 24.0 Å². The van der Waals surface area contributed by atoms with Crippen molar-refractivity contribution in [2.45, 2.75) is 70.3 Å². The number of ether oxygens (including phenoxy) is 2. The van der Waals surface area contributed by atoms with Crippen molar-refractivity contribution < 1.29 is 9.47 Å². The summed E-state index contributed by atoms with van der Waals surface area (Å²) in [4.78, 5) is 7.14. The maximum Gasteiger partial charge on any atom is 0.191 e. The Bertz CT molecular complexity index is 468. The van der Waals surface area contributed by atoms with Gasteiger partial charge in [0.05, 0.1) is 0 Å². The van der Waals surface area contributed by atoms with Crippen molar-refractivity contribution in [2.24, 2.45) is 16.8 Å². The highest BCUT2D eigenvalue weighted by Crippen LogP contribution is 2.27. The van der Waals surface area contributed by atoms with Crippen LogP contribution in [0.15, 0.2) is 4.99 Å². The third-order valence-electron chi connectivity index (χ3n) is 6.90. The maximum absolute atomic E-state index is 5.85. The Labute approximate surface area is 201 Å². The van der Waals surface area contributed by atoms with Crippen LogP contribution in [0.1, 0.15) is 64.2 Å². The van der Waals surface area contributed by atoms with Gasteiger partial charge in [-0.05, 0) is 63.3 Å². The molecule has 1 unspecified atom stereocenters. The number of hydrogen-bond acceptors (Lipinski definition) is 4. The highest BCUT2D eigenvalue weighted by molar-refractivity contribution is 14.0. The molecule has 0 amide bonds. The van der Waals surface area contributed by atoms with Crippen LogP contribution >= 0.6 is 24.0 Å². The second-order valence-electron chi connectivity index (χ2n) is 9.16. The van der Waals surface area contributed by atoms with Gasteiger partial charge in [-0.1, -0.05) is 19.3 Å². The summed E-state index contributed by atoms with van der Waals surface area (Å²) in [5.74, 6) is 2.55. The van der Waals surface area contributed by atoms with Crippen LogP contribution in [0.3, 0.4) is 0 Å². The number of guanidine groups is 1. The zero-order chi connectivity index (χ0) is 20.2. The summed E-state index contributed by atoms with van der Waals surface area (Å²) in [5.41, 5.74) is 0. The molecule has 3 rings (SSSR count). The summed E-state index contributed by atoms with van der Waals surface area (Å²) >= 11 is 0. The van der Waals surface area contributed by atoms with Gasteiger partial charge in [0.25, 0.3) is 0 Å². The lowest BCUT2D eigenvalue weighted by molar-refractivity contribution is 0.0203. The zero-order valence-electron chi connectivity index (χ0n) is 19.1. The predicted octanol–water partition coefficient (Wildman–Crippen LogP) is 3.65. The molecule has 3 aliphatic rings. The lowest BCUT2D eigenvalue weighted by Gasteiger charge is -2.31. The highest BCUT2D eigenvalue weighted by Gasteiger charge is 2.27. The normalized spacial score (nSPS) is 24.6. The summed E-state index contributed by atoms with van der Waals surface area (Å²) in [6, 6.07) is 0.665.